The van der Waals surface area contributed by atoms with E-state index in [2.05, 4.69) is 0 Å². The van der Waals surface area contributed by atoms with E-state index in [-0.39, 0.29) is 18.0 Å². The number of nitrogens with two attached hydrogens (primary N) is 1. The second kappa shape index (κ2) is 5.48. The van der Waals surface area contributed by atoms with Crippen LogP contribution in [-0.2, 0) is 10.0 Å². The van der Waals surface area contributed by atoms with Crippen LogP contribution in [0.4, 0.5) is 5.69 Å². The average Bonchev–Trinajstić information content (AvgIpc) is 2.29. The Balaban J connectivity index is 3.15. The van der Waals surface area contributed by atoms with Crippen molar-refractivity contribution >= 4 is 15.7 Å². The number of anilines is 1. The zero-order chi connectivity index (χ0) is 13.1. The van der Waals surface area contributed by atoms with Crippen molar-refractivity contribution in [1.29, 1.82) is 0 Å². The van der Waals surface area contributed by atoms with Crippen LogP contribution in [0.15, 0.2) is 23.1 Å². The Bertz CT molecular complexity index is 485. The Hall–Kier alpha value is -1.11. The van der Waals surface area contributed by atoms with E-state index in [0.29, 0.717) is 12.2 Å². The Morgan fingerprint density at radius 3 is 2.53 bits per heavy atom. The molecule has 0 heterocycles. The third-order valence-corrected chi connectivity index (χ3v) is 4.55. The van der Waals surface area contributed by atoms with Gasteiger partial charge in [-0.3, -0.25) is 0 Å². The number of sulfonamides is 1. The van der Waals surface area contributed by atoms with Crippen molar-refractivity contribution in [3.05, 3.63) is 23.8 Å². The highest BCUT2D eigenvalue weighted by atomic mass is 32.2. The number of rotatable bonds is 5. The molecule has 0 bridgehead atoms. The molecule has 0 radical (unpaired) electrons. The predicted octanol–water partition coefficient (Wildman–Crippen LogP) is 0.580. The summed E-state index contributed by atoms with van der Waals surface area (Å²) in [6.07, 6.45) is 0. The molecule has 0 aromatic heterocycles. The highest BCUT2D eigenvalue weighted by molar-refractivity contribution is 7.89. The molecule has 1 aromatic rings. The molecule has 0 aliphatic heterocycles. The van der Waals surface area contributed by atoms with Gasteiger partial charge in [-0.25, -0.2) is 8.42 Å². The van der Waals surface area contributed by atoms with Crippen molar-refractivity contribution < 1.29 is 13.5 Å². The van der Waals surface area contributed by atoms with Crippen LogP contribution < -0.4 is 5.73 Å². The summed E-state index contributed by atoms with van der Waals surface area (Å²) in [5.74, 6) is 0. The fourth-order valence-corrected chi connectivity index (χ4v) is 3.04. The zero-order valence-electron chi connectivity index (χ0n) is 10.0. The minimum absolute atomic E-state index is 0.0995. The third kappa shape index (κ3) is 2.96. The molecule has 0 aliphatic carbocycles. The number of nitrogen functional groups attached to an aromatic ring is 1. The SMILES string of the molecule is CCN(CCO)S(=O)(=O)c1ccc(N)c(C)c1. The van der Waals surface area contributed by atoms with E-state index in [1.165, 1.54) is 10.4 Å². The molecular formula is C11H18N2O3S. The van der Waals surface area contributed by atoms with Gasteiger partial charge in [-0.15, -0.1) is 0 Å². The number of hydrogen-bond acceptors (Lipinski definition) is 4. The lowest BCUT2D eigenvalue weighted by molar-refractivity contribution is 0.257. The first kappa shape index (κ1) is 14.0. The molecule has 3 N–H and O–H groups in total. The van der Waals surface area contributed by atoms with Crippen molar-refractivity contribution in [2.45, 2.75) is 18.7 Å². The van der Waals surface area contributed by atoms with Crippen molar-refractivity contribution in [3.8, 4) is 0 Å². The predicted molar refractivity (Wildman–Crippen MR) is 67.1 cm³/mol. The number of nitrogens with zero attached hydrogens (tertiary/aromatic N) is 1. The minimum atomic E-state index is -3.53. The topological polar surface area (TPSA) is 83.6 Å². The summed E-state index contributed by atoms with van der Waals surface area (Å²) in [5.41, 5.74) is 6.94. The van der Waals surface area contributed by atoms with E-state index >= 15 is 0 Å². The van der Waals surface area contributed by atoms with Crippen LogP contribution in [0.3, 0.4) is 0 Å². The van der Waals surface area contributed by atoms with Gasteiger partial charge in [0.25, 0.3) is 0 Å². The van der Waals surface area contributed by atoms with Gasteiger partial charge in [-0.05, 0) is 30.7 Å². The van der Waals surface area contributed by atoms with Gasteiger partial charge in [0.1, 0.15) is 0 Å². The fourth-order valence-electron chi connectivity index (χ4n) is 1.52. The lowest BCUT2D eigenvalue weighted by Gasteiger charge is -2.19. The van der Waals surface area contributed by atoms with Gasteiger partial charge < -0.3 is 10.8 Å². The molecule has 96 valence electrons. The molecule has 17 heavy (non-hydrogen) atoms. The lowest BCUT2D eigenvalue weighted by Crippen LogP contribution is -2.33. The van der Waals surface area contributed by atoms with Gasteiger partial charge in [0.2, 0.25) is 10.0 Å². The molecule has 1 rings (SSSR count). The first-order valence-corrected chi connectivity index (χ1v) is 6.84. The van der Waals surface area contributed by atoms with Crippen LogP contribution in [0.1, 0.15) is 12.5 Å². The average molecular weight is 258 g/mol. The van der Waals surface area contributed by atoms with E-state index in [1.807, 2.05) is 0 Å². The van der Waals surface area contributed by atoms with Gasteiger partial charge in [0.05, 0.1) is 11.5 Å². The summed E-state index contributed by atoms with van der Waals surface area (Å²) in [5, 5.41) is 8.85. The van der Waals surface area contributed by atoms with E-state index < -0.39 is 10.0 Å². The van der Waals surface area contributed by atoms with Crippen molar-refractivity contribution in [2.24, 2.45) is 0 Å². The molecule has 1 aromatic carbocycles. The van der Waals surface area contributed by atoms with Crippen molar-refractivity contribution in [3.63, 3.8) is 0 Å². The van der Waals surface area contributed by atoms with Gasteiger partial charge in [-0.2, -0.15) is 4.31 Å². The summed E-state index contributed by atoms with van der Waals surface area (Å²) in [6, 6.07) is 4.61. The van der Waals surface area contributed by atoms with E-state index in [1.54, 1.807) is 26.0 Å². The monoisotopic (exact) mass is 258 g/mol. The summed E-state index contributed by atoms with van der Waals surface area (Å²) in [7, 11) is -3.53. The first-order chi connectivity index (χ1) is 7.93. The maximum atomic E-state index is 12.2. The fraction of sp³-hybridized carbons (Fsp3) is 0.455. The molecule has 0 amide bonds. The third-order valence-electron chi connectivity index (χ3n) is 2.58. The molecule has 5 nitrogen and oxygen atoms in total. The van der Waals surface area contributed by atoms with Crippen molar-refractivity contribution in [1.82, 2.24) is 4.31 Å². The lowest BCUT2D eigenvalue weighted by atomic mass is 10.2. The van der Waals surface area contributed by atoms with Crippen LogP contribution in [0.2, 0.25) is 0 Å². The molecule has 0 saturated heterocycles. The van der Waals surface area contributed by atoms with Gasteiger partial charge in [0, 0.05) is 18.8 Å². The Labute approximate surface area is 102 Å². The maximum Gasteiger partial charge on any atom is 0.243 e. The Kier molecular flexibility index (Phi) is 4.50. The number of aliphatic hydroxyl groups is 1. The minimum Gasteiger partial charge on any atom is -0.399 e. The highest BCUT2D eigenvalue weighted by Crippen LogP contribution is 2.20. The van der Waals surface area contributed by atoms with Crippen LogP contribution in [0, 0.1) is 6.92 Å². The van der Waals surface area contributed by atoms with E-state index in [4.69, 9.17) is 10.8 Å². The van der Waals surface area contributed by atoms with Gasteiger partial charge >= 0.3 is 0 Å². The normalized spacial score (nSPS) is 12.0. The number of aryl methyl sites for hydroxylation is 1. The van der Waals surface area contributed by atoms with Crippen LogP contribution in [0.5, 0.6) is 0 Å². The summed E-state index contributed by atoms with van der Waals surface area (Å²) in [4.78, 5) is 0.208. The smallest absolute Gasteiger partial charge is 0.243 e. The molecule has 0 aliphatic rings. The number of aliphatic hydroxyl groups excluding tert-OH is 1. The van der Waals surface area contributed by atoms with Crippen LogP contribution >= 0.6 is 0 Å². The summed E-state index contributed by atoms with van der Waals surface area (Å²) in [6.45, 7) is 3.73. The van der Waals surface area contributed by atoms with Gasteiger partial charge in [0.15, 0.2) is 0 Å². The standard InChI is InChI=1S/C11H18N2O3S/c1-3-13(6-7-14)17(15,16)10-4-5-11(12)9(2)8-10/h4-5,8,14H,3,6-7,12H2,1-2H3. The number of hydrogen-bond donors (Lipinski definition) is 2. The molecule has 0 unspecified atom stereocenters. The largest absolute Gasteiger partial charge is 0.399 e. The molecular weight excluding hydrogens is 240 g/mol. The van der Waals surface area contributed by atoms with Crippen LogP contribution in [0.25, 0.3) is 0 Å². The molecule has 6 heteroatoms. The first-order valence-electron chi connectivity index (χ1n) is 5.40. The summed E-state index contributed by atoms with van der Waals surface area (Å²) < 4.78 is 25.6. The van der Waals surface area contributed by atoms with Crippen molar-refractivity contribution in [2.75, 3.05) is 25.4 Å². The molecule has 0 saturated carbocycles. The van der Waals surface area contributed by atoms with E-state index in [9.17, 15) is 8.42 Å². The summed E-state index contributed by atoms with van der Waals surface area (Å²) >= 11 is 0. The Morgan fingerprint density at radius 2 is 2.06 bits per heavy atom. The second-order valence-electron chi connectivity index (χ2n) is 3.74. The van der Waals surface area contributed by atoms with E-state index in [0.717, 1.165) is 5.56 Å². The number of likely N-dealkylation sites (N-methyl/N-ethyl adjacent to an activating group) is 1. The zero-order valence-corrected chi connectivity index (χ0v) is 10.9. The highest BCUT2D eigenvalue weighted by Gasteiger charge is 2.22. The second-order valence-corrected chi connectivity index (χ2v) is 5.68. The number of benzene rings is 1. The quantitative estimate of drug-likeness (QED) is 0.757. The molecule has 0 fully saturated rings. The molecule has 0 atom stereocenters. The van der Waals surface area contributed by atoms with Gasteiger partial charge in [-0.1, -0.05) is 6.92 Å². The Morgan fingerprint density at radius 1 is 1.41 bits per heavy atom. The molecule has 0 spiro atoms. The van der Waals surface area contributed by atoms with Crippen LogP contribution in [-0.4, -0.2) is 37.5 Å². The maximum absolute atomic E-state index is 12.2.